The topological polar surface area (TPSA) is 122 Å². The Morgan fingerprint density at radius 2 is 1.95 bits per heavy atom. The molecule has 3 aromatic rings. The van der Waals surface area contributed by atoms with E-state index in [0.717, 1.165) is 48.2 Å². The molecule has 3 aliphatic carbocycles. The minimum absolute atomic E-state index is 0.205. The Bertz CT molecular complexity index is 1370. The molecule has 3 N–H and O–H groups in total. The first kappa shape index (κ1) is 24.9. The second-order valence-corrected chi connectivity index (χ2v) is 12.2. The van der Waals surface area contributed by atoms with E-state index in [1.54, 1.807) is 0 Å². The fourth-order valence-electron chi connectivity index (χ4n) is 6.57. The molecular formula is C29H38N8O2. The highest BCUT2D eigenvalue weighted by Crippen LogP contribution is 2.53. The van der Waals surface area contributed by atoms with Crippen molar-refractivity contribution in [2.75, 3.05) is 5.32 Å². The molecule has 4 aliphatic rings. The average molecular weight is 531 g/mol. The third-order valence-corrected chi connectivity index (χ3v) is 9.45. The van der Waals surface area contributed by atoms with E-state index in [1.165, 1.54) is 44.9 Å². The van der Waals surface area contributed by atoms with Gasteiger partial charge in [0, 0.05) is 18.8 Å². The smallest absolute Gasteiger partial charge is 0.280 e. The Balaban J connectivity index is 1.38. The van der Waals surface area contributed by atoms with E-state index in [9.17, 15) is 5.11 Å². The molecule has 1 unspecified atom stereocenters. The van der Waals surface area contributed by atoms with Crippen LogP contribution in [0.1, 0.15) is 89.0 Å². The van der Waals surface area contributed by atoms with Gasteiger partial charge in [-0.2, -0.15) is 0 Å². The number of amidine groups is 1. The number of fused-ring (bicyclic) bond motifs is 1. The number of hydrogen-bond donors (Lipinski definition) is 3. The van der Waals surface area contributed by atoms with Gasteiger partial charge in [-0.1, -0.05) is 32.3 Å². The lowest BCUT2D eigenvalue weighted by atomic mass is 9.80. The van der Waals surface area contributed by atoms with Gasteiger partial charge in [0.15, 0.2) is 17.3 Å². The van der Waals surface area contributed by atoms with Gasteiger partial charge in [0.05, 0.1) is 11.1 Å². The number of nitrogens with one attached hydrogen (secondary N) is 2. The lowest BCUT2D eigenvalue weighted by molar-refractivity contribution is -0.102. The zero-order valence-electron chi connectivity index (χ0n) is 22.8. The number of rotatable bonds is 8. The number of aromatic nitrogens is 5. The lowest BCUT2D eigenvalue weighted by Gasteiger charge is -2.32. The molecule has 0 aromatic carbocycles. The van der Waals surface area contributed by atoms with Crippen LogP contribution in [0.2, 0.25) is 0 Å². The molecule has 0 spiro atoms. The van der Waals surface area contributed by atoms with Crippen LogP contribution in [-0.4, -0.2) is 47.9 Å². The molecule has 10 heteroatoms. The summed E-state index contributed by atoms with van der Waals surface area (Å²) in [6.07, 6.45) is 11.4. The van der Waals surface area contributed by atoms with Crippen LogP contribution in [0.5, 0.6) is 0 Å². The molecule has 7 rings (SSSR count). The molecule has 4 heterocycles. The Hall–Kier alpha value is -3.11. The molecule has 1 aliphatic heterocycles. The Labute approximate surface area is 228 Å². The molecule has 39 heavy (non-hydrogen) atoms. The second-order valence-electron chi connectivity index (χ2n) is 12.2. The van der Waals surface area contributed by atoms with Crippen molar-refractivity contribution in [3.8, 4) is 0 Å². The van der Waals surface area contributed by atoms with Crippen LogP contribution in [0.15, 0.2) is 29.4 Å². The first-order valence-corrected chi connectivity index (χ1v) is 14.6. The van der Waals surface area contributed by atoms with Gasteiger partial charge in [0.25, 0.3) is 6.41 Å². The SMILES string of the molecule is CC1CCC(Cn2c(C3(c4ccccn4)CC3)nc3nc(C4=NC(O)ON4)nc(N[C@H](C)C4CCC4)c32)CC1. The van der Waals surface area contributed by atoms with E-state index >= 15 is 0 Å². The number of aliphatic hydroxyl groups is 1. The van der Waals surface area contributed by atoms with Gasteiger partial charge in [0.1, 0.15) is 11.3 Å². The number of aliphatic hydroxyl groups excluding tert-OH is 1. The van der Waals surface area contributed by atoms with Crippen molar-refractivity contribution in [1.29, 1.82) is 0 Å². The van der Waals surface area contributed by atoms with E-state index in [-0.39, 0.29) is 11.5 Å². The van der Waals surface area contributed by atoms with Crippen molar-refractivity contribution >= 4 is 22.8 Å². The van der Waals surface area contributed by atoms with Gasteiger partial charge in [0.2, 0.25) is 5.82 Å². The van der Waals surface area contributed by atoms with E-state index < -0.39 is 6.41 Å². The van der Waals surface area contributed by atoms with Crippen LogP contribution in [0, 0.1) is 17.8 Å². The number of aliphatic imine (C=N–C) groups is 1. The quantitative estimate of drug-likeness (QED) is 0.394. The standard InChI is InChI=1S/C29H38N8O2/c1-17-9-11-19(12-10-17)16-37-22-23(31-18(2)20-6-5-7-20)32-25(26-35-28(38)39-36-26)33-24(22)34-27(37)29(13-14-29)21-8-3-4-15-30-21/h3-4,8,15,17-20,28,38H,5-7,9-14,16H2,1-2H3,(H,35,36)(H,31,32,33)/t17?,18-,19?,28?/m1/s1. The molecule has 0 radical (unpaired) electrons. The first-order chi connectivity index (χ1) is 19.0. The van der Waals surface area contributed by atoms with Crippen LogP contribution in [0.3, 0.4) is 0 Å². The van der Waals surface area contributed by atoms with Gasteiger partial charge in [-0.15, -0.1) is 0 Å². The maximum Gasteiger partial charge on any atom is 0.280 e. The fraction of sp³-hybridized carbons (Fsp3) is 0.621. The van der Waals surface area contributed by atoms with Gasteiger partial charge in [-0.3, -0.25) is 4.98 Å². The van der Waals surface area contributed by atoms with Crippen LogP contribution in [0.4, 0.5) is 5.82 Å². The van der Waals surface area contributed by atoms with Crippen molar-refractivity contribution in [3.05, 3.63) is 41.7 Å². The molecule has 0 bridgehead atoms. The molecule has 3 fully saturated rings. The van der Waals surface area contributed by atoms with Crippen molar-refractivity contribution in [1.82, 2.24) is 30.0 Å². The molecular weight excluding hydrogens is 492 g/mol. The minimum atomic E-state index is -1.27. The zero-order chi connectivity index (χ0) is 26.6. The number of pyridine rings is 1. The highest BCUT2D eigenvalue weighted by atomic mass is 16.7. The van der Waals surface area contributed by atoms with Gasteiger partial charge in [-0.25, -0.2) is 30.3 Å². The summed E-state index contributed by atoms with van der Waals surface area (Å²) < 4.78 is 2.42. The summed E-state index contributed by atoms with van der Waals surface area (Å²) in [4.78, 5) is 29.0. The molecule has 2 atom stereocenters. The van der Waals surface area contributed by atoms with Crippen molar-refractivity contribution in [2.24, 2.45) is 22.7 Å². The summed E-state index contributed by atoms with van der Waals surface area (Å²) in [6, 6.07) is 6.44. The maximum atomic E-state index is 9.82. The molecule has 3 aromatic heterocycles. The molecule has 10 nitrogen and oxygen atoms in total. The second kappa shape index (κ2) is 9.82. The summed E-state index contributed by atoms with van der Waals surface area (Å²) >= 11 is 0. The van der Waals surface area contributed by atoms with Crippen LogP contribution < -0.4 is 10.8 Å². The van der Waals surface area contributed by atoms with Gasteiger partial charge < -0.3 is 15.0 Å². The monoisotopic (exact) mass is 530 g/mol. The van der Waals surface area contributed by atoms with Gasteiger partial charge >= 0.3 is 0 Å². The van der Waals surface area contributed by atoms with Crippen molar-refractivity contribution < 1.29 is 9.94 Å². The third-order valence-electron chi connectivity index (χ3n) is 9.45. The largest absolute Gasteiger partial charge is 0.365 e. The Kier molecular flexibility index (Phi) is 6.27. The fourth-order valence-corrected chi connectivity index (χ4v) is 6.57. The normalized spacial score (nSPS) is 27.1. The predicted octanol–water partition coefficient (Wildman–Crippen LogP) is 4.29. The third kappa shape index (κ3) is 4.57. The van der Waals surface area contributed by atoms with Crippen LogP contribution in [-0.2, 0) is 16.8 Å². The molecule has 206 valence electrons. The minimum Gasteiger partial charge on any atom is -0.365 e. The van der Waals surface area contributed by atoms with E-state index in [4.69, 9.17) is 24.8 Å². The average Bonchev–Trinajstić information content (AvgIpc) is 3.46. The van der Waals surface area contributed by atoms with Crippen LogP contribution >= 0.6 is 0 Å². The number of imidazole rings is 1. The Morgan fingerprint density at radius 3 is 2.59 bits per heavy atom. The van der Waals surface area contributed by atoms with Crippen LogP contribution in [0.25, 0.3) is 11.2 Å². The molecule has 3 saturated carbocycles. The predicted molar refractivity (Wildman–Crippen MR) is 148 cm³/mol. The Morgan fingerprint density at radius 1 is 1.13 bits per heavy atom. The zero-order valence-corrected chi connectivity index (χ0v) is 22.8. The highest BCUT2D eigenvalue weighted by molar-refractivity contribution is 5.98. The molecule has 0 amide bonds. The summed E-state index contributed by atoms with van der Waals surface area (Å²) in [7, 11) is 0. The number of hydroxylamine groups is 1. The summed E-state index contributed by atoms with van der Waals surface area (Å²) in [6.45, 7) is 5.52. The number of hydrogen-bond acceptors (Lipinski definition) is 9. The number of nitrogens with zero attached hydrogens (tertiary/aromatic N) is 6. The van der Waals surface area contributed by atoms with Gasteiger partial charge in [-0.05, 0) is 75.3 Å². The summed E-state index contributed by atoms with van der Waals surface area (Å²) in [5.41, 5.74) is 5.15. The molecule has 0 saturated heterocycles. The van der Waals surface area contributed by atoms with E-state index in [1.807, 2.05) is 12.3 Å². The van der Waals surface area contributed by atoms with Crippen molar-refractivity contribution in [3.63, 3.8) is 0 Å². The summed E-state index contributed by atoms with van der Waals surface area (Å²) in [5.74, 6) is 4.52. The first-order valence-electron chi connectivity index (χ1n) is 14.6. The summed E-state index contributed by atoms with van der Waals surface area (Å²) in [5, 5.41) is 13.6. The number of anilines is 1. The van der Waals surface area contributed by atoms with E-state index in [0.29, 0.717) is 29.1 Å². The van der Waals surface area contributed by atoms with Crippen molar-refractivity contribution in [2.45, 2.75) is 96.1 Å². The lowest BCUT2D eigenvalue weighted by Crippen LogP contribution is -2.32. The highest BCUT2D eigenvalue weighted by Gasteiger charge is 2.51. The maximum absolute atomic E-state index is 9.82. The van der Waals surface area contributed by atoms with E-state index in [2.05, 4.69) is 46.3 Å².